The number of hydrogen-bond acceptors (Lipinski definition) is 7. The molecule has 0 atom stereocenters. The standard InChI is InChI=1S/C31H28F12O7/c1-45-7-13-19(32)25(38)16(26(39)20(13)33)10-48-31(5-4-6-44,49-11-17-27(40)21(34)14(8-46-2)22(35)28(17)41)50-12-18-29(42)23(36)15(9-47-3)24(37)30(18)43/h44H,4-12H2,1-3H3. The zero-order valence-electron chi connectivity index (χ0n) is 26.3. The lowest BCUT2D eigenvalue weighted by atomic mass is 10.1. The number of methoxy groups -OCH3 is 3. The molecule has 0 aliphatic carbocycles. The highest BCUT2D eigenvalue weighted by atomic mass is 19.2. The van der Waals surface area contributed by atoms with Crippen LogP contribution in [0, 0.1) is 69.8 Å². The molecule has 50 heavy (non-hydrogen) atoms. The third-order valence-corrected chi connectivity index (χ3v) is 7.15. The number of benzene rings is 3. The summed E-state index contributed by atoms with van der Waals surface area (Å²) in [5.41, 5.74) is -8.04. The minimum Gasteiger partial charge on any atom is -0.396 e. The summed E-state index contributed by atoms with van der Waals surface area (Å²) in [5.74, 6) is -27.1. The molecule has 0 saturated heterocycles. The molecule has 7 nitrogen and oxygen atoms in total. The van der Waals surface area contributed by atoms with Crippen LogP contribution in [0.25, 0.3) is 0 Å². The van der Waals surface area contributed by atoms with Gasteiger partial charge in [0.1, 0.15) is 0 Å². The van der Waals surface area contributed by atoms with Crippen LogP contribution < -0.4 is 0 Å². The molecule has 278 valence electrons. The van der Waals surface area contributed by atoms with Crippen molar-refractivity contribution in [2.24, 2.45) is 0 Å². The third kappa shape index (κ3) is 8.35. The molecule has 0 saturated carbocycles. The maximum Gasteiger partial charge on any atom is 0.283 e. The third-order valence-electron chi connectivity index (χ3n) is 7.15. The van der Waals surface area contributed by atoms with Crippen LogP contribution in [0.1, 0.15) is 46.2 Å². The van der Waals surface area contributed by atoms with E-state index in [9.17, 15) is 57.8 Å². The van der Waals surface area contributed by atoms with Gasteiger partial charge < -0.3 is 33.5 Å². The van der Waals surface area contributed by atoms with Gasteiger partial charge in [-0.25, -0.2) is 52.7 Å². The topological polar surface area (TPSA) is 75.6 Å². The number of aliphatic hydroxyl groups excluding tert-OH is 1. The second-order valence-corrected chi connectivity index (χ2v) is 10.3. The van der Waals surface area contributed by atoms with E-state index in [2.05, 4.69) is 14.2 Å². The van der Waals surface area contributed by atoms with Crippen molar-refractivity contribution in [1.82, 2.24) is 0 Å². The number of ether oxygens (including phenoxy) is 6. The predicted octanol–water partition coefficient (Wildman–Crippen LogP) is 7.17. The summed E-state index contributed by atoms with van der Waals surface area (Å²) in [7, 11) is 2.87. The van der Waals surface area contributed by atoms with Crippen molar-refractivity contribution in [3.8, 4) is 0 Å². The van der Waals surface area contributed by atoms with Crippen LogP contribution in [0.4, 0.5) is 52.7 Å². The van der Waals surface area contributed by atoms with E-state index in [0.717, 1.165) is 21.3 Å². The number of aliphatic hydroxyl groups is 1. The van der Waals surface area contributed by atoms with Crippen molar-refractivity contribution in [3.05, 3.63) is 103 Å². The van der Waals surface area contributed by atoms with E-state index < -0.39 is 168 Å². The first kappa shape index (κ1) is 41.0. The van der Waals surface area contributed by atoms with Gasteiger partial charge in [-0.15, -0.1) is 0 Å². The first-order valence-electron chi connectivity index (χ1n) is 14.1. The summed E-state index contributed by atoms with van der Waals surface area (Å²) < 4.78 is 206. The van der Waals surface area contributed by atoms with E-state index in [0.29, 0.717) is 0 Å². The Bertz CT molecular complexity index is 1420. The van der Waals surface area contributed by atoms with Crippen molar-refractivity contribution in [2.45, 2.75) is 58.5 Å². The molecule has 0 spiro atoms. The second-order valence-electron chi connectivity index (χ2n) is 10.3. The Labute approximate surface area is 276 Å². The minimum absolute atomic E-state index is 0.554. The average molecular weight is 741 g/mol. The Morgan fingerprint density at radius 3 is 0.760 bits per heavy atom. The Morgan fingerprint density at radius 1 is 0.380 bits per heavy atom. The Morgan fingerprint density at radius 2 is 0.580 bits per heavy atom. The van der Waals surface area contributed by atoms with E-state index in [1.165, 1.54) is 0 Å². The van der Waals surface area contributed by atoms with Crippen LogP contribution in [0.5, 0.6) is 0 Å². The van der Waals surface area contributed by atoms with E-state index in [1.54, 1.807) is 0 Å². The minimum atomic E-state index is -3.16. The molecule has 3 rings (SSSR count). The van der Waals surface area contributed by atoms with Gasteiger partial charge in [-0.05, 0) is 6.42 Å². The molecule has 0 aromatic heterocycles. The summed E-state index contributed by atoms with van der Waals surface area (Å²) in [6.07, 6.45) is -1.49. The van der Waals surface area contributed by atoms with Crippen molar-refractivity contribution < 1.29 is 86.2 Å². The smallest absolute Gasteiger partial charge is 0.283 e. The second kappa shape index (κ2) is 17.7. The number of rotatable bonds is 18. The summed E-state index contributed by atoms with van der Waals surface area (Å²) >= 11 is 0. The molecular formula is C31H28F12O7. The SMILES string of the molecule is COCc1c(F)c(F)c(COC(CCCO)(OCc2c(F)c(F)c(COC)c(F)c2F)OCc2c(F)c(F)c(COC)c(F)c2F)c(F)c1F. The normalized spacial score (nSPS) is 12.0. The monoisotopic (exact) mass is 740 g/mol. The fraction of sp³-hybridized carbons (Fsp3) is 0.419. The molecular weight excluding hydrogens is 712 g/mol. The van der Waals surface area contributed by atoms with Crippen molar-refractivity contribution >= 4 is 0 Å². The Kier molecular flexibility index (Phi) is 14.5. The van der Waals surface area contributed by atoms with E-state index in [1.807, 2.05) is 0 Å². The average Bonchev–Trinajstić information content (AvgIpc) is 3.10. The molecule has 0 aliphatic heterocycles. The predicted molar refractivity (Wildman–Crippen MR) is 144 cm³/mol. The van der Waals surface area contributed by atoms with Gasteiger partial charge in [0.25, 0.3) is 5.97 Å². The molecule has 19 heteroatoms. The molecule has 0 aliphatic rings. The maximum atomic E-state index is 14.9. The lowest BCUT2D eigenvalue weighted by molar-refractivity contribution is -0.398. The van der Waals surface area contributed by atoms with Crippen LogP contribution in [0.2, 0.25) is 0 Å². The molecule has 0 unspecified atom stereocenters. The van der Waals surface area contributed by atoms with Crippen LogP contribution in [-0.2, 0) is 68.1 Å². The molecule has 0 radical (unpaired) electrons. The van der Waals surface area contributed by atoms with Gasteiger partial charge in [0.05, 0.1) is 73.0 Å². The summed E-state index contributed by atoms with van der Waals surface area (Å²) in [4.78, 5) is 0. The van der Waals surface area contributed by atoms with Gasteiger partial charge >= 0.3 is 0 Å². The van der Waals surface area contributed by atoms with E-state index >= 15 is 0 Å². The van der Waals surface area contributed by atoms with Crippen LogP contribution in [0.15, 0.2) is 0 Å². The van der Waals surface area contributed by atoms with Gasteiger partial charge in [-0.3, -0.25) is 0 Å². The van der Waals surface area contributed by atoms with Gasteiger partial charge in [0, 0.05) is 34.4 Å². The van der Waals surface area contributed by atoms with Gasteiger partial charge in [-0.1, -0.05) is 0 Å². The van der Waals surface area contributed by atoms with Crippen molar-refractivity contribution in [3.63, 3.8) is 0 Å². The van der Waals surface area contributed by atoms with Crippen LogP contribution >= 0.6 is 0 Å². The molecule has 0 fully saturated rings. The van der Waals surface area contributed by atoms with Crippen LogP contribution in [0.3, 0.4) is 0 Å². The quantitative estimate of drug-likeness (QED) is 0.0843. The lowest BCUT2D eigenvalue weighted by Gasteiger charge is -2.34. The van der Waals surface area contributed by atoms with Crippen molar-refractivity contribution in [2.75, 3.05) is 27.9 Å². The lowest BCUT2D eigenvalue weighted by Crippen LogP contribution is -2.40. The molecule has 3 aromatic rings. The zero-order valence-corrected chi connectivity index (χ0v) is 26.3. The number of halogens is 12. The molecule has 1 N–H and O–H groups in total. The summed E-state index contributed by atoms with van der Waals surface area (Å²) in [5, 5.41) is 9.45. The first-order valence-corrected chi connectivity index (χ1v) is 14.1. The van der Waals surface area contributed by atoms with Gasteiger partial charge in [0.2, 0.25) is 0 Å². The van der Waals surface area contributed by atoms with Gasteiger partial charge in [-0.2, -0.15) is 0 Å². The molecule has 0 heterocycles. The van der Waals surface area contributed by atoms with Crippen molar-refractivity contribution in [1.29, 1.82) is 0 Å². The van der Waals surface area contributed by atoms with E-state index in [4.69, 9.17) is 14.2 Å². The highest BCUT2D eigenvalue weighted by Gasteiger charge is 2.39. The Hall–Kier alpha value is -3.46. The Balaban J connectivity index is 2.15. The largest absolute Gasteiger partial charge is 0.396 e. The number of hydrogen-bond donors (Lipinski definition) is 1. The fourth-order valence-corrected chi connectivity index (χ4v) is 4.54. The maximum absolute atomic E-state index is 14.9. The summed E-state index contributed by atoms with van der Waals surface area (Å²) in [6, 6.07) is 0. The first-order chi connectivity index (χ1) is 23.6. The summed E-state index contributed by atoms with van der Waals surface area (Å²) in [6.45, 7) is -8.42. The zero-order chi connectivity index (χ0) is 37.5. The van der Waals surface area contributed by atoms with Gasteiger partial charge in [0.15, 0.2) is 69.8 Å². The molecule has 3 aromatic carbocycles. The molecule has 0 bridgehead atoms. The highest BCUT2D eigenvalue weighted by molar-refractivity contribution is 5.31. The van der Waals surface area contributed by atoms with Crippen LogP contribution in [-0.4, -0.2) is 39.0 Å². The van der Waals surface area contributed by atoms with E-state index in [-0.39, 0.29) is 0 Å². The highest BCUT2D eigenvalue weighted by Crippen LogP contribution is 2.34. The fourth-order valence-electron chi connectivity index (χ4n) is 4.54. The molecule has 0 amide bonds.